The van der Waals surface area contributed by atoms with Crippen molar-refractivity contribution in [3.63, 3.8) is 0 Å². The first kappa shape index (κ1) is 11.1. The fourth-order valence-corrected chi connectivity index (χ4v) is 2.10. The first-order chi connectivity index (χ1) is 7.58. The van der Waals surface area contributed by atoms with E-state index < -0.39 is 0 Å². The van der Waals surface area contributed by atoms with Crippen molar-refractivity contribution in [2.24, 2.45) is 11.3 Å². The van der Waals surface area contributed by atoms with Crippen LogP contribution in [0.3, 0.4) is 0 Å². The molecule has 0 aliphatic heterocycles. The lowest BCUT2D eigenvalue weighted by atomic mass is 10.0. The van der Waals surface area contributed by atoms with Crippen LogP contribution in [-0.2, 0) is 4.79 Å². The molecule has 16 heavy (non-hydrogen) atoms. The molecule has 1 aromatic rings. The average Bonchev–Trinajstić information content (AvgIpc) is 3.02. The van der Waals surface area contributed by atoms with Gasteiger partial charge in [0.25, 0.3) is 0 Å². The van der Waals surface area contributed by atoms with Gasteiger partial charge in [0.05, 0.1) is 11.9 Å². The first-order valence-electron chi connectivity index (χ1n) is 5.76. The highest BCUT2D eigenvalue weighted by molar-refractivity contribution is 5.96. The molecule has 0 N–H and O–H groups in total. The number of nitrogens with zero attached hydrogens (tertiary/aromatic N) is 2. The summed E-state index contributed by atoms with van der Waals surface area (Å²) in [6, 6.07) is 3.77. The molecule has 1 aromatic heterocycles. The number of hydrogen-bond donors (Lipinski definition) is 0. The Hall–Kier alpha value is -1.38. The monoisotopic (exact) mass is 218 g/mol. The van der Waals surface area contributed by atoms with Crippen LogP contribution < -0.4 is 4.90 Å². The van der Waals surface area contributed by atoms with E-state index >= 15 is 0 Å². The summed E-state index contributed by atoms with van der Waals surface area (Å²) in [4.78, 5) is 17.9. The maximum atomic E-state index is 12.2. The molecular formula is C13H18N2O. The van der Waals surface area contributed by atoms with E-state index in [1.807, 2.05) is 19.2 Å². The van der Waals surface area contributed by atoms with Gasteiger partial charge in [-0.05, 0) is 30.4 Å². The number of hydrogen-bond acceptors (Lipinski definition) is 2. The second-order valence-corrected chi connectivity index (χ2v) is 4.87. The van der Waals surface area contributed by atoms with Gasteiger partial charge in [-0.1, -0.05) is 13.8 Å². The molecule has 0 aromatic carbocycles. The van der Waals surface area contributed by atoms with E-state index in [2.05, 4.69) is 18.8 Å². The fourth-order valence-electron chi connectivity index (χ4n) is 2.10. The lowest BCUT2D eigenvalue weighted by molar-refractivity contribution is -0.120. The second kappa shape index (κ2) is 3.89. The van der Waals surface area contributed by atoms with Crippen molar-refractivity contribution < 1.29 is 4.79 Å². The van der Waals surface area contributed by atoms with E-state index in [4.69, 9.17) is 0 Å². The van der Waals surface area contributed by atoms with E-state index in [9.17, 15) is 4.79 Å². The van der Waals surface area contributed by atoms with Gasteiger partial charge in [0.15, 0.2) is 0 Å². The topological polar surface area (TPSA) is 33.2 Å². The highest BCUT2D eigenvalue weighted by atomic mass is 16.2. The van der Waals surface area contributed by atoms with Crippen LogP contribution in [0, 0.1) is 11.3 Å². The zero-order valence-corrected chi connectivity index (χ0v) is 10.1. The van der Waals surface area contributed by atoms with Crippen LogP contribution in [-0.4, -0.2) is 17.9 Å². The Balaban J connectivity index is 2.07. The van der Waals surface area contributed by atoms with Crippen LogP contribution >= 0.6 is 0 Å². The lowest BCUT2D eigenvalue weighted by Crippen LogP contribution is -2.29. The Morgan fingerprint density at radius 3 is 2.94 bits per heavy atom. The largest absolute Gasteiger partial charge is 0.314 e. The Morgan fingerprint density at radius 1 is 1.69 bits per heavy atom. The van der Waals surface area contributed by atoms with Gasteiger partial charge in [-0.25, -0.2) is 0 Å². The van der Waals surface area contributed by atoms with Crippen molar-refractivity contribution in [3.8, 4) is 0 Å². The van der Waals surface area contributed by atoms with Gasteiger partial charge in [0.1, 0.15) is 0 Å². The van der Waals surface area contributed by atoms with Crippen LogP contribution in [0.1, 0.15) is 26.7 Å². The summed E-state index contributed by atoms with van der Waals surface area (Å²) in [7, 11) is 1.83. The van der Waals surface area contributed by atoms with Crippen molar-refractivity contribution in [2.75, 3.05) is 11.9 Å². The minimum Gasteiger partial charge on any atom is -0.314 e. The molecule has 3 heteroatoms. The second-order valence-electron chi connectivity index (χ2n) is 4.87. The van der Waals surface area contributed by atoms with Crippen LogP contribution in [0.2, 0.25) is 0 Å². The predicted octanol–water partition coefficient (Wildman–Crippen LogP) is 2.48. The number of aromatic nitrogens is 1. The number of rotatable bonds is 3. The van der Waals surface area contributed by atoms with Gasteiger partial charge in [-0.3, -0.25) is 9.78 Å². The van der Waals surface area contributed by atoms with Crippen molar-refractivity contribution in [1.29, 1.82) is 0 Å². The fraction of sp³-hybridized carbons (Fsp3) is 0.538. The average molecular weight is 218 g/mol. The maximum absolute atomic E-state index is 12.2. The van der Waals surface area contributed by atoms with Crippen LogP contribution in [0.25, 0.3) is 0 Å². The van der Waals surface area contributed by atoms with E-state index in [-0.39, 0.29) is 17.2 Å². The highest BCUT2D eigenvalue weighted by Crippen LogP contribution is 2.55. The summed E-state index contributed by atoms with van der Waals surface area (Å²) in [6.45, 7) is 4.34. The standard InChI is InChI=1S/C13H18N2O/c1-4-13(2)8-11(13)12(16)15(3)10-6-5-7-14-9-10/h5-7,9,11H,4,8H2,1-3H3/t11-,13+/m0/s1. The molecule has 0 unspecified atom stereocenters. The molecule has 1 aliphatic carbocycles. The molecule has 86 valence electrons. The minimum atomic E-state index is 0.197. The third-order valence-electron chi connectivity index (χ3n) is 3.82. The summed E-state index contributed by atoms with van der Waals surface area (Å²) >= 11 is 0. The molecule has 3 nitrogen and oxygen atoms in total. The molecule has 1 fully saturated rings. The first-order valence-corrected chi connectivity index (χ1v) is 5.76. The highest BCUT2D eigenvalue weighted by Gasteiger charge is 2.53. The molecule has 1 heterocycles. The van der Waals surface area contributed by atoms with E-state index in [0.717, 1.165) is 18.5 Å². The third-order valence-corrected chi connectivity index (χ3v) is 3.82. The molecule has 0 bridgehead atoms. The van der Waals surface area contributed by atoms with Crippen molar-refractivity contribution >= 4 is 11.6 Å². The Labute approximate surface area is 96.5 Å². The van der Waals surface area contributed by atoms with Crippen LogP contribution in [0.5, 0.6) is 0 Å². The summed E-state index contributed by atoms with van der Waals surface area (Å²) in [6.07, 6.45) is 5.54. The Morgan fingerprint density at radius 2 is 2.44 bits per heavy atom. The van der Waals surface area contributed by atoms with Gasteiger partial charge in [0.2, 0.25) is 5.91 Å². The number of carbonyl (C=O) groups excluding carboxylic acids is 1. The quantitative estimate of drug-likeness (QED) is 0.781. The summed E-state index contributed by atoms with van der Waals surface area (Å²) in [5.74, 6) is 0.417. The molecular weight excluding hydrogens is 200 g/mol. The number of amides is 1. The van der Waals surface area contributed by atoms with Crippen molar-refractivity contribution in [2.45, 2.75) is 26.7 Å². The molecule has 0 spiro atoms. The van der Waals surface area contributed by atoms with Gasteiger partial charge >= 0.3 is 0 Å². The van der Waals surface area contributed by atoms with Crippen molar-refractivity contribution in [1.82, 2.24) is 4.98 Å². The predicted molar refractivity (Wildman–Crippen MR) is 64.2 cm³/mol. The molecule has 1 amide bonds. The number of pyridine rings is 1. The van der Waals surface area contributed by atoms with Gasteiger partial charge < -0.3 is 4.90 Å². The third kappa shape index (κ3) is 1.82. The number of anilines is 1. The van der Waals surface area contributed by atoms with Gasteiger partial charge in [-0.2, -0.15) is 0 Å². The van der Waals surface area contributed by atoms with E-state index in [1.54, 1.807) is 17.3 Å². The van der Waals surface area contributed by atoms with Crippen LogP contribution in [0.15, 0.2) is 24.5 Å². The zero-order chi connectivity index (χ0) is 11.8. The number of carbonyl (C=O) groups is 1. The maximum Gasteiger partial charge on any atom is 0.230 e. The van der Waals surface area contributed by atoms with Crippen LogP contribution in [0.4, 0.5) is 5.69 Å². The summed E-state index contributed by atoms with van der Waals surface area (Å²) in [5.41, 5.74) is 1.10. The van der Waals surface area contributed by atoms with Gasteiger partial charge in [-0.15, -0.1) is 0 Å². The molecule has 2 atom stereocenters. The van der Waals surface area contributed by atoms with Gasteiger partial charge in [0, 0.05) is 19.2 Å². The SMILES string of the molecule is CC[C@]1(C)C[C@H]1C(=O)N(C)c1cccnc1. The molecule has 1 aliphatic rings. The lowest BCUT2D eigenvalue weighted by Gasteiger charge is -2.18. The smallest absolute Gasteiger partial charge is 0.230 e. The molecule has 1 saturated carbocycles. The molecule has 0 saturated heterocycles. The summed E-state index contributed by atoms with van der Waals surface area (Å²) in [5, 5.41) is 0. The minimum absolute atomic E-state index is 0.197. The summed E-state index contributed by atoms with van der Waals surface area (Å²) < 4.78 is 0. The molecule has 0 radical (unpaired) electrons. The van der Waals surface area contributed by atoms with E-state index in [1.165, 1.54) is 0 Å². The zero-order valence-electron chi connectivity index (χ0n) is 10.1. The molecule has 2 rings (SSSR count). The van der Waals surface area contributed by atoms with Crippen molar-refractivity contribution in [3.05, 3.63) is 24.5 Å². The normalized spacial score (nSPS) is 27.6. The van der Waals surface area contributed by atoms with E-state index in [0.29, 0.717) is 0 Å². The Kier molecular flexibility index (Phi) is 2.70. The Bertz CT molecular complexity index is 390.